The van der Waals surface area contributed by atoms with Gasteiger partial charge in [0.15, 0.2) is 0 Å². The molecule has 2 aromatic carbocycles. The van der Waals surface area contributed by atoms with Crippen LogP contribution in [0.2, 0.25) is 10.0 Å². The predicted molar refractivity (Wildman–Crippen MR) is 93.2 cm³/mol. The Labute approximate surface area is 136 Å². The van der Waals surface area contributed by atoms with E-state index in [0.29, 0.717) is 0 Å². The molecule has 0 N–H and O–H groups in total. The Morgan fingerprint density at radius 2 is 1.38 bits per heavy atom. The van der Waals surface area contributed by atoms with Gasteiger partial charge in [-0.1, -0.05) is 65.7 Å². The lowest BCUT2D eigenvalue weighted by Crippen LogP contribution is -2.12. The summed E-state index contributed by atoms with van der Waals surface area (Å²) >= 11 is 12.7. The number of hydrogen-bond donors (Lipinski definition) is 0. The molecule has 0 bridgehead atoms. The zero-order chi connectivity index (χ0) is 15.2. The second-order valence-corrected chi connectivity index (χ2v) is 5.98. The molecule has 0 unspecified atom stereocenters. The van der Waals surface area contributed by atoms with Crippen LogP contribution in [0.1, 0.15) is 17.5 Å². The maximum Gasteiger partial charge on any atom is 0.0484 e. The first-order valence-corrected chi connectivity index (χ1v) is 7.70. The van der Waals surface area contributed by atoms with E-state index in [0.717, 1.165) is 39.7 Å². The molecule has 0 saturated carbocycles. The standard InChI is InChI=1S/C18H19Cl2N/c1-21(2)13-7-10-14(15-8-3-5-11-17(15)19)16-9-4-6-12-18(16)20/h3-6,8-12H,7,13H2,1-2H3. The molecule has 21 heavy (non-hydrogen) atoms. The SMILES string of the molecule is CN(C)CCC=C(c1ccccc1Cl)c1ccccc1Cl. The fourth-order valence-electron chi connectivity index (χ4n) is 2.19. The van der Waals surface area contributed by atoms with E-state index in [1.165, 1.54) is 0 Å². The summed E-state index contributed by atoms with van der Waals surface area (Å²) in [4.78, 5) is 2.16. The molecule has 3 heteroatoms. The van der Waals surface area contributed by atoms with Gasteiger partial charge in [0.25, 0.3) is 0 Å². The van der Waals surface area contributed by atoms with Crippen LogP contribution >= 0.6 is 23.2 Å². The van der Waals surface area contributed by atoms with Crippen molar-refractivity contribution < 1.29 is 0 Å². The first-order valence-electron chi connectivity index (χ1n) is 6.94. The minimum absolute atomic E-state index is 0.744. The van der Waals surface area contributed by atoms with Crippen LogP contribution in [0.5, 0.6) is 0 Å². The second-order valence-electron chi connectivity index (χ2n) is 5.17. The second kappa shape index (κ2) is 7.65. The van der Waals surface area contributed by atoms with Gasteiger partial charge in [-0.15, -0.1) is 0 Å². The van der Waals surface area contributed by atoms with E-state index >= 15 is 0 Å². The fraction of sp³-hybridized carbons (Fsp3) is 0.222. The van der Waals surface area contributed by atoms with E-state index in [4.69, 9.17) is 23.2 Å². The Morgan fingerprint density at radius 3 is 1.81 bits per heavy atom. The summed E-state index contributed by atoms with van der Waals surface area (Å²) in [5.41, 5.74) is 3.13. The summed E-state index contributed by atoms with van der Waals surface area (Å²) < 4.78 is 0. The Bertz CT molecular complexity index is 585. The molecule has 2 aromatic rings. The molecule has 0 aliphatic rings. The van der Waals surface area contributed by atoms with Gasteiger partial charge in [-0.3, -0.25) is 0 Å². The molecule has 0 heterocycles. The number of rotatable bonds is 5. The highest BCUT2D eigenvalue weighted by Gasteiger charge is 2.11. The largest absolute Gasteiger partial charge is 0.309 e. The zero-order valence-corrected chi connectivity index (χ0v) is 13.8. The lowest BCUT2D eigenvalue weighted by atomic mass is 9.96. The van der Waals surface area contributed by atoms with E-state index in [9.17, 15) is 0 Å². The molecule has 0 spiro atoms. The first kappa shape index (κ1) is 16.1. The predicted octanol–water partition coefficient (Wildman–Crippen LogP) is 5.38. The van der Waals surface area contributed by atoms with Gasteiger partial charge >= 0.3 is 0 Å². The summed E-state index contributed by atoms with van der Waals surface area (Å²) in [7, 11) is 4.14. The molecule has 1 nitrogen and oxygen atoms in total. The van der Waals surface area contributed by atoms with Gasteiger partial charge < -0.3 is 4.90 Å². The molecule has 110 valence electrons. The van der Waals surface area contributed by atoms with E-state index in [1.807, 2.05) is 48.5 Å². The van der Waals surface area contributed by atoms with Crippen LogP contribution in [0.15, 0.2) is 54.6 Å². The summed E-state index contributed by atoms with van der Waals surface area (Å²) in [6, 6.07) is 15.8. The van der Waals surface area contributed by atoms with Crippen LogP contribution in [-0.4, -0.2) is 25.5 Å². The molecule has 0 radical (unpaired) electrons. The normalized spacial score (nSPS) is 10.7. The van der Waals surface area contributed by atoms with Gasteiger partial charge in [-0.2, -0.15) is 0 Å². The Morgan fingerprint density at radius 1 is 0.905 bits per heavy atom. The summed E-state index contributed by atoms with van der Waals surface area (Å²) in [5.74, 6) is 0. The average Bonchev–Trinajstić information content (AvgIpc) is 2.45. The van der Waals surface area contributed by atoms with Crippen LogP contribution in [-0.2, 0) is 0 Å². The lowest BCUT2D eigenvalue weighted by molar-refractivity contribution is 0.417. The molecular weight excluding hydrogens is 301 g/mol. The average molecular weight is 320 g/mol. The van der Waals surface area contributed by atoms with Crippen molar-refractivity contribution in [2.45, 2.75) is 6.42 Å². The minimum atomic E-state index is 0.744. The van der Waals surface area contributed by atoms with E-state index < -0.39 is 0 Å². The smallest absolute Gasteiger partial charge is 0.0484 e. The summed E-state index contributed by atoms with van der Waals surface area (Å²) in [6.45, 7) is 0.985. The molecular formula is C18H19Cl2N. The third kappa shape index (κ3) is 4.34. The van der Waals surface area contributed by atoms with Crippen molar-refractivity contribution in [1.29, 1.82) is 0 Å². The quantitative estimate of drug-likeness (QED) is 0.715. The highest BCUT2D eigenvalue weighted by molar-refractivity contribution is 6.34. The van der Waals surface area contributed by atoms with Crippen LogP contribution in [0, 0.1) is 0 Å². The Balaban J connectivity index is 2.45. The number of nitrogens with zero attached hydrogens (tertiary/aromatic N) is 1. The zero-order valence-electron chi connectivity index (χ0n) is 12.3. The molecule has 0 saturated heterocycles. The van der Waals surface area contributed by atoms with E-state index in [-0.39, 0.29) is 0 Å². The van der Waals surface area contributed by atoms with Crippen molar-refractivity contribution in [3.05, 3.63) is 75.8 Å². The summed E-state index contributed by atoms with van der Waals surface area (Å²) in [5, 5.41) is 1.49. The number of halogens is 2. The Kier molecular flexibility index (Phi) is 5.86. The monoisotopic (exact) mass is 319 g/mol. The summed E-state index contributed by atoms with van der Waals surface area (Å²) in [6.07, 6.45) is 3.15. The molecule has 0 aliphatic heterocycles. The fourth-order valence-corrected chi connectivity index (χ4v) is 2.67. The molecule has 0 amide bonds. The molecule has 0 aromatic heterocycles. The van der Waals surface area contributed by atoms with Gasteiger partial charge in [0.05, 0.1) is 0 Å². The van der Waals surface area contributed by atoms with Gasteiger partial charge in [-0.05, 0) is 38.2 Å². The highest BCUT2D eigenvalue weighted by atomic mass is 35.5. The topological polar surface area (TPSA) is 3.24 Å². The van der Waals surface area contributed by atoms with Crippen molar-refractivity contribution in [1.82, 2.24) is 4.90 Å². The van der Waals surface area contributed by atoms with E-state index in [2.05, 4.69) is 25.1 Å². The van der Waals surface area contributed by atoms with Crippen LogP contribution in [0.4, 0.5) is 0 Å². The van der Waals surface area contributed by atoms with Gasteiger partial charge in [-0.25, -0.2) is 0 Å². The Hall–Kier alpha value is -1.28. The van der Waals surface area contributed by atoms with Crippen molar-refractivity contribution in [3.8, 4) is 0 Å². The van der Waals surface area contributed by atoms with Crippen LogP contribution < -0.4 is 0 Å². The maximum atomic E-state index is 6.37. The van der Waals surface area contributed by atoms with Crippen molar-refractivity contribution in [3.63, 3.8) is 0 Å². The first-order chi connectivity index (χ1) is 10.1. The van der Waals surface area contributed by atoms with Gasteiger partial charge in [0.1, 0.15) is 0 Å². The van der Waals surface area contributed by atoms with Crippen molar-refractivity contribution in [2.24, 2.45) is 0 Å². The molecule has 0 atom stereocenters. The van der Waals surface area contributed by atoms with Gasteiger partial charge in [0, 0.05) is 27.7 Å². The third-order valence-electron chi connectivity index (χ3n) is 3.25. The molecule has 2 rings (SSSR count). The van der Waals surface area contributed by atoms with Crippen molar-refractivity contribution in [2.75, 3.05) is 20.6 Å². The molecule has 0 aliphatic carbocycles. The highest BCUT2D eigenvalue weighted by Crippen LogP contribution is 2.33. The van der Waals surface area contributed by atoms with E-state index in [1.54, 1.807) is 0 Å². The minimum Gasteiger partial charge on any atom is -0.309 e. The maximum absolute atomic E-state index is 6.37. The number of hydrogen-bond acceptors (Lipinski definition) is 1. The molecule has 0 fully saturated rings. The van der Waals surface area contributed by atoms with Gasteiger partial charge in [0.2, 0.25) is 0 Å². The lowest BCUT2D eigenvalue weighted by Gasteiger charge is -2.13. The van der Waals surface area contributed by atoms with Crippen molar-refractivity contribution >= 4 is 28.8 Å². The third-order valence-corrected chi connectivity index (χ3v) is 3.91. The number of benzene rings is 2. The van der Waals surface area contributed by atoms with Crippen LogP contribution in [0.25, 0.3) is 5.57 Å². The van der Waals surface area contributed by atoms with Crippen LogP contribution in [0.3, 0.4) is 0 Å².